The van der Waals surface area contributed by atoms with E-state index in [9.17, 15) is 10.1 Å². The number of hydrogen-bond acceptors (Lipinski definition) is 4. The third-order valence-electron chi connectivity index (χ3n) is 6.98. The van der Waals surface area contributed by atoms with Gasteiger partial charge in [-0.2, -0.15) is 5.26 Å². The van der Waals surface area contributed by atoms with E-state index in [1.165, 1.54) is 38.1 Å². The Morgan fingerprint density at radius 3 is 2.23 bits per heavy atom. The number of hydrogen-bond donors (Lipinski definition) is 0. The minimum Gasteiger partial charge on any atom is -0.494 e. The highest BCUT2D eigenvalue weighted by Crippen LogP contribution is 2.56. The van der Waals surface area contributed by atoms with E-state index in [1.807, 2.05) is 24.3 Å². The fourth-order valence-corrected chi connectivity index (χ4v) is 5.80. The first-order valence-electron chi connectivity index (χ1n) is 13.2. The lowest BCUT2D eigenvalue weighted by atomic mass is 9.94. The lowest BCUT2D eigenvalue weighted by Crippen LogP contribution is -2.20. The summed E-state index contributed by atoms with van der Waals surface area (Å²) in [5.74, 6) is 1.31. The summed E-state index contributed by atoms with van der Waals surface area (Å²) in [6, 6.07) is 18.4. The molecule has 188 valence electrons. The van der Waals surface area contributed by atoms with Gasteiger partial charge in [0.25, 0.3) is 0 Å². The molecular weight excluding hydrogens is 450 g/mol. The van der Waals surface area contributed by atoms with Crippen LogP contribution in [0.3, 0.4) is 0 Å². The van der Waals surface area contributed by atoms with Crippen molar-refractivity contribution in [1.82, 2.24) is 0 Å². The van der Waals surface area contributed by atoms with Gasteiger partial charge < -0.3 is 9.47 Å². The molecule has 0 saturated heterocycles. The maximum absolute atomic E-state index is 12.6. The van der Waals surface area contributed by atoms with Crippen molar-refractivity contribution >= 4 is 14.0 Å². The smallest absolute Gasteiger partial charge is 0.343 e. The molecule has 2 atom stereocenters. The molecule has 0 amide bonds. The van der Waals surface area contributed by atoms with Crippen LogP contribution in [0.1, 0.15) is 74.2 Å². The molecular formula is C30H41NO3Si. The Bertz CT molecular complexity index is 988. The molecule has 1 aliphatic carbocycles. The monoisotopic (exact) mass is 491 g/mol. The number of nitrogens with zero attached hydrogens (tertiary/aromatic N) is 1. The van der Waals surface area contributed by atoms with Crippen LogP contribution in [-0.2, 0) is 5.41 Å². The third-order valence-corrected chi connectivity index (χ3v) is 8.77. The average Bonchev–Trinajstić information content (AvgIpc) is 3.57. The molecule has 3 rings (SSSR count). The number of esters is 1. The number of carbonyl (C=O) groups excluding carboxylic acids is 1. The molecule has 1 fully saturated rings. The molecule has 2 aromatic carbocycles. The number of nitriles is 1. The zero-order valence-electron chi connectivity index (χ0n) is 21.9. The van der Waals surface area contributed by atoms with Gasteiger partial charge in [0, 0.05) is 8.07 Å². The number of rotatable bonds is 14. The summed E-state index contributed by atoms with van der Waals surface area (Å²) in [4.78, 5) is 12.6. The van der Waals surface area contributed by atoms with Gasteiger partial charge in [-0.05, 0) is 60.7 Å². The average molecular weight is 492 g/mol. The second-order valence-electron chi connectivity index (χ2n) is 11.1. The third kappa shape index (κ3) is 7.97. The first kappa shape index (κ1) is 27.0. The molecule has 35 heavy (non-hydrogen) atoms. The molecule has 1 saturated carbocycles. The lowest BCUT2D eigenvalue weighted by molar-refractivity contribution is 0.0734. The van der Waals surface area contributed by atoms with Crippen molar-refractivity contribution in [2.75, 3.05) is 6.61 Å². The number of carbonyl (C=O) groups is 1. The summed E-state index contributed by atoms with van der Waals surface area (Å²) in [7, 11) is -1.11. The van der Waals surface area contributed by atoms with Gasteiger partial charge in [0.05, 0.1) is 23.7 Å². The number of benzene rings is 2. The van der Waals surface area contributed by atoms with Gasteiger partial charge in [0.15, 0.2) is 0 Å². The Balaban J connectivity index is 1.47. The van der Waals surface area contributed by atoms with Crippen molar-refractivity contribution in [3.63, 3.8) is 0 Å². The van der Waals surface area contributed by atoms with Crippen molar-refractivity contribution in [3.05, 3.63) is 59.7 Å². The predicted molar refractivity (Wildman–Crippen MR) is 145 cm³/mol. The summed E-state index contributed by atoms with van der Waals surface area (Å²) in [6.07, 6.45) is 9.43. The second kappa shape index (κ2) is 12.4. The Kier molecular flexibility index (Phi) is 9.57. The summed E-state index contributed by atoms with van der Waals surface area (Å²) in [5, 5.41) is 9.87. The van der Waals surface area contributed by atoms with E-state index in [4.69, 9.17) is 9.47 Å². The van der Waals surface area contributed by atoms with Crippen LogP contribution in [0.15, 0.2) is 48.5 Å². The molecule has 0 aromatic heterocycles. The molecule has 0 N–H and O–H groups in total. The molecule has 0 radical (unpaired) electrons. The highest BCUT2D eigenvalue weighted by Gasteiger charge is 2.55. The summed E-state index contributed by atoms with van der Waals surface area (Å²) in [5.41, 5.74) is 1.16. The number of ether oxygens (including phenoxy) is 2. The molecule has 4 nitrogen and oxygen atoms in total. The maximum Gasteiger partial charge on any atom is 0.343 e. The molecule has 0 bridgehead atoms. The minimum absolute atomic E-state index is 0.368. The summed E-state index contributed by atoms with van der Waals surface area (Å²) >= 11 is 0. The van der Waals surface area contributed by atoms with Gasteiger partial charge >= 0.3 is 5.97 Å². The van der Waals surface area contributed by atoms with E-state index in [2.05, 4.69) is 32.6 Å². The highest BCUT2D eigenvalue weighted by atomic mass is 28.3. The zero-order chi connectivity index (χ0) is 25.3. The summed E-state index contributed by atoms with van der Waals surface area (Å²) in [6.45, 7) is 10.1. The topological polar surface area (TPSA) is 59.3 Å². The van der Waals surface area contributed by atoms with E-state index >= 15 is 0 Å². The Morgan fingerprint density at radius 2 is 1.60 bits per heavy atom. The van der Waals surface area contributed by atoms with Crippen molar-refractivity contribution in [1.29, 1.82) is 5.26 Å². The van der Waals surface area contributed by atoms with Gasteiger partial charge in [0.2, 0.25) is 0 Å². The second-order valence-corrected chi connectivity index (χ2v) is 16.8. The molecule has 0 aliphatic heterocycles. The minimum atomic E-state index is -1.11. The van der Waals surface area contributed by atoms with Crippen molar-refractivity contribution < 1.29 is 14.3 Å². The molecule has 1 aliphatic rings. The van der Waals surface area contributed by atoms with E-state index in [1.54, 1.807) is 24.3 Å². The summed E-state index contributed by atoms with van der Waals surface area (Å²) < 4.78 is 11.4. The SMILES string of the molecule is CCCCCCCCOc1ccc(C(=O)Oc2ccc([C@]3(C#N)C[C@@H]3CC[Si](C)(C)C)cc2)cc1. The van der Waals surface area contributed by atoms with Crippen LogP contribution < -0.4 is 9.47 Å². The maximum atomic E-state index is 12.6. The van der Waals surface area contributed by atoms with Crippen molar-refractivity contribution in [2.45, 2.75) is 89.4 Å². The lowest BCUT2D eigenvalue weighted by Gasteiger charge is -2.16. The van der Waals surface area contributed by atoms with Gasteiger partial charge in [-0.25, -0.2) is 4.79 Å². The normalized spacial score (nSPS) is 19.1. The van der Waals surface area contributed by atoms with Gasteiger partial charge in [-0.15, -0.1) is 0 Å². The Hall–Kier alpha value is -2.58. The van der Waals surface area contributed by atoms with Crippen LogP contribution in [0.2, 0.25) is 25.7 Å². The Labute approximate surface area is 212 Å². The van der Waals surface area contributed by atoms with Crippen molar-refractivity contribution in [2.24, 2.45) is 5.92 Å². The first-order valence-corrected chi connectivity index (χ1v) is 16.9. The van der Waals surface area contributed by atoms with Gasteiger partial charge in [-0.1, -0.05) is 83.3 Å². The van der Waals surface area contributed by atoms with Crippen LogP contribution >= 0.6 is 0 Å². The van der Waals surface area contributed by atoms with E-state index in [0.29, 0.717) is 23.8 Å². The van der Waals surface area contributed by atoms with Crippen LogP contribution in [-0.4, -0.2) is 20.7 Å². The largest absolute Gasteiger partial charge is 0.494 e. The van der Waals surface area contributed by atoms with Crippen molar-refractivity contribution in [3.8, 4) is 17.6 Å². The quantitative estimate of drug-likeness (QED) is 0.116. The van der Waals surface area contributed by atoms with E-state index in [-0.39, 0.29) is 5.41 Å². The molecule has 0 unspecified atom stereocenters. The van der Waals surface area contributed by atoms with Crippen LogP contribution in [0.25, 0.3) is 0 Å². The number of unbranched alkanes of at least 4 members (excludes halogenated alkanes) is 5. The van der Waals surface area contributed by atoms with Gasteiger partial charge in [0.1, 0.15) is 11.5 Å². The predicted octanol–water partition coefficient (Wildman–Crippen LogP) is 8.15. The first-order chi connectivity index (χ1) is 16.8. The molecule has 2 aromatic rings. The Morgan fingerprint density at radius 1 is 0.971 bits per heavy atom. The highest BCUT2D eigenvalue weighted by molar-refractivity contribution is 6.76. The van der Waals surface area contributed by atoms with Crippen LogP contribution in [0, 0.1) is 17.2 Å². The van der Waals surface area contributed by atoms with Gasteiger partial charge in [-0.3, -0.25) is 0 Å². The van der Waals surface area contributed by atoms with Crippen LogP contribution in [0.5, 0.6) is 11.5 Å². The molecule has 5 heteroatoms. The molecule has 0 spiro atoms. The van der Waals surface area contributed by atoms with E-state index < -0.39 is 14.0 Å². The standard InChI is InChI=1S/C30H41NO3Si/c1-5-6-7-8-9-10-20-33-27-15-11-24(12-16-27)29(32)34-28-17-13-25(14-18-28)30(23-31)22-26(30)19-21-35(2,3)4/h11-18,26H,5-10,19-22H2,1-4H3/t26-,30+/m0/s1. The van der Waals surface area contributed by atoms with E-state index in [0.717, 1.165) is 30.6 Å². The fourth-order valence-electron chi connectivity index (χ4n) is 4.59. The van der Waals surface area contributed by atoms with Crippen LogP contribution in [0.4, 0.5) is 0 Å². The molecule has 0 heterocycles. The fraction of sp³-hybridized carbons (Fsp3) is 0.533. The zero-order valence-corrected chi connectivity index (χ0v) is 22.9.